The number of hydrogen-bond acceptors (Lipinski definition) is 7. The summed E-state index contributed by atoms with van der Waals surface area (Å²) in [5, 5.41) is 3.98. The summed E-state index contributed by atoms with van der Waals surface area (Å²) >= 11 is 0. The predicted octanol–water partition coefficient (Wildman–Crippen LogP) is 1.41. The summed E-state index contributed by atoms with van der Waals surface area (Å²) < 4.78 is 10.7. The van der Waals surface area contributed by atoms with Crippen LogP contribution in [0, 0.1) is 0 Å². The SMILES string of the molecule is COCCNC(=O)CN1CC2COCCN2c2nc(-c3cccc4[nH]ccc34)ncc21. The van der Waals surface area contributed by atoms with Crippen LogP contribution in [0.1, 0.15) is 0 Å². The molecule has 2 aromatic heterocycles. The Morgan fingerprint density at radius 1 is 1.39 bits per heavy atom. The zero-order valence-electron chi connectivity index (χ0n) is 17.5. The Morgan fingerprint density at radius 2 is 2.32 bits per heavy atom. The van der Waals surface area contributed by atoms with Gasteiger partial charge in [-0.3, -0.25) is 4.79 Å². The number of rotatable bonds is 6. The lowest BCUT2D eigenvalue weighted by Gasteiger charge is -2.45. The molecular formula is C22H26N6O3. The highest BCUT2D eigenvalue weighted by Gasteiger charge is 2.35. The van der Waals surface area contributed by atoms with Crippen molar-refractivity contribution in [1.29, 1.82) is 0 Å². The van der Waals surface area contributed by atoms with Crippen LogP contribution < -0.4 is 15.1 Å². The molecule has 1 unspecified atom stereocenters. The Labute approximate surface area is 180 Å². The lowest BCUT2D eigenvalue weighted by atomic mass is 10.1. The highest BCUT2D eigenvalue weighted by molar-refractivity contribution is 5.94. The van der Waals surface area contributed by atoms with Gasteiger partial charge in [-0.25, -0.2) is 9.97 Å². The normalized spacial score (nSPS) is 18.0. The van der Waals surface area contributed by atoms with E-state index in [9.17, 15) is 4.79 Å². The van der Waals surface area contributed by atoms with Crippen molar-refractivity contribution in [3.05, 3.63) is 36.7 Å². The van der Waals surface area contributed by atoms with Crippen LogP contribution in [0.2, 0.25) is 0 Å². The van der Waals surface area contributed by atoms with Gasteiger partial charge in [-0.1, -0.05) is 12.1 Å². The topological polar surface area (TPSA) is 95.6 Å². The van der Waals surface area contributed by atoms with Gasteiger partial charge in [0.25, 0.3) is 0 Å². The first-order valence-electron chi connectivity index (χ1n) is 10.5. The molecule has 1 aromatic carbocycles. The first kappa shape index (κ1) is 19.8. The minimum Gasteiger partial charge on any atom is -0.383 e. The van der Waals surface area contributed by atoms with Crippen LogP contribution in [-0.2, 0) is 14.3 Å². The second-order valence-corrected chi connectivity index (χ2v) is 7.79. The average Bonchev–Trinajstić information content (AvgIpc) is 3.28. The van der Waals surface area contributed by atoms with Crippen molar-refractivity contribution >= 4 is 28.3 Å². The molecule has 0 radical (unpaired) electrons. The number of morpholine rings is 1. The number of carbonyl (C=O) groups is 1. The number of fused-ring (bicyclic) bond motifs is 4. The zero-order valence-corrected chi connectivity index (χ0v) is 17.5. The molecule has 0 spiro atoms. The molecular weight excluding hydrogens is 396 g/mol. The Bertz CT molecular complexity index is 1080. The van der Waals surface area contributed by atoms with Gasteiger partial charge < -0.3 is 29.6 Å². The molecule has 0 saturated carbocycles. The van der Waals surface area contributed by atoms with E-state index in [1.807, 2.05) is 41.6 Å². The molecule has 1 atom stereocenters. The summed E-state index contributed by atoms with van der Waals surface area (Å²) in [6.45, 7) is 3.98. The number of benzene rings is 1. The monoisotopic (exact) mass is 422 g/mol. The summed E-state index contributed by atoms with van der Waals surface area (Å²) in [6.07, 6.45) is 3.77. The average molecular weight is 422 g/mol. The maximum Gasteiger partial charge on any atom is 0.239 e. The number of aromatic nitrogens is 3. The van der Waals surface area contributed by atoms with Gasteiger partial charge >= 0.3 is 0 Å². The van der Waals surface area contributed by atoms with Crippen LogP contribution in [0.5, 0.6) is 0 Å². The van der Waals surface area contributed by atoms with Crippen LogP contribution in [0.4, 0.5) is 11.5 Å². The second kappa shape index (κ2) is 8.52. The molecule has 31 heavy (non-hydrogen) atoms. The predicted molar refractivity (Wildman–Crippen MR) is 118 cm³/mol. The molecule has 1 fully saturated rings. The van der Waals surface area contributed by atoms with Gasteiger partial charge in [0.05, 0.1) is 44.3 Å². The van der Waals surface area contributed by atoms with E-state index in [1.165, 1.54) is 0 Å². The highest BCUT2D eigenvalue weighted by Crippen LogP contribution is 2.36. The van der Waals surface area contributed by atoms with Crippen molar-refractivity contribution < 1.29 is 14.3 Å². The summed E-state index contributed by atoms with van der Waals surface area (Å²) in [5.74, 6) is 1.50. The zero-order chi connectivity index (χ0) is 21.2. The molecule has 3 aromatic rings. The van der Waals surface area contributed by atoms with E-state index in [1.54, 1.807) is 7.11 Å². The standard InChI is InChI=1S/C22H26N6O3/c1-30-9-7-24-20(29)13-27-12-15-14-31-10-8-28(15)22-19(27)11-25-21(26-22)17-3-2-4-18-16(17)5-6-23-18/h2-6,11,15,23H,7-10,12-14H2,1H3,(H,24,29). The van der Waals surface area contributed by atoms with Gasteiger partial charge in [-0.05, 0) is 12.1 Å². The smallest absolute Gasteiger partial charge is 0.239 e. The summed E-state index contributed by atoms with van der Waals surface area (Å²) in [4.78, 5) is 29.7. The largest absolute Gasteiger partial charge is 0.383 e. The molecule has 2 aliphatic heterocycles. The number of methoxy groups -OCH3 is 1. The Hall–Kier alpha value is -3.17. The summed E-state index contributed by atoms with van der Waals surface area (Å²) in [6, 6.07) is 8.28. The van der Waals surface area contributed by atoms with Crippen LogP contribution in [-0.4, -0.2) is 80.0 Å². The molecule has 2 aliphatic rings. The van der Waals surface area contributed by atoms with Crippen molar-refractivity contribution in [1.82, 2.24) is 20.3 Å². The maximum absolute atomic E-state index is 12.5. The van der Waals surface area contributed by atoms with Crippen LogP contribution in [0.15, 0.2) is 36.7 Å². The van der Waals surface area contributed by atoms with Crippen LogP contribution >= 0.6 is 0 Å². The first-order valence-corrected chi connectivity index (χ1v) is 10.5. The molecule has 0 bridgehead atoms. The molecule has 2 N–H and O–H groups in total. The van der Waals surface area contributed by atoms with Gasteiger partial charge in [0, 0.05) is 49.4 Å². The fourth-order valence-electron chi connectivity index (χ4n) is 4.32. The highest BCUT2D eigenvalue weighted by atomic mass is 16.5. The minimum absolute atomic E-state index is 0.0469. The summed E-state index contributed by atoms with van der Waals surface area (Å²) in [7, 11) is 1.62. The first-order chi connectivity index (χ1) is 15.2. The minimum atomic E-state index is -0.0469. The van der Waals surface area contributed by atoms with Crippen molar-refractivity contribution in [2.24, 2.45) is 0 Å². The van der Waals surface area contributed by atoms with Gasteiger partial charge in [0.2, 0.25) is 5.91 Å². The van der Waals surface area contributed by atoms with E-state index in [4.69, 9.17) is 14.5 Å². The van der Waals surface area contributed by atoms with Crippen molar-refractivity contribution in [3.63, 3.8) is 0 Å². The van der Waals surface area contributed by atoms with Crippen molar-refractivity contribution in [3.8, 4) is 11.4 Å². The molecule has 9 nitrogen and oxygen atoms in total. The number of carbonyl (C=O) groups excluding carboxylic acids is 1. The third kappa shape index (κ3) is 3.82. The molecule has 0 aliphatic carbocycles. The number of amides is 1. The van der Waals surface area contributed by atoms with Gasteiger partial charge in [0.1, 0.15) is 0 Å². The van der Waals surface area contributed by atoms with Crippen molar-refractivity contribution in [2.45, 2.75) is 6.04 Å². The molecule has 9 heteroatoms. The van der Waals surface area contributed by atoms with Crippen LogP contribution in [0.25, 0.3) is 22.3 Å². The quantitative estimate of drug-likeness (QED) is 0.580. The fourth-order valence-corrected chi connectivity index (χ4v) is 4.32. The third-order valence-electron chi connectivity index (χ3n) is 5.82. The Morgan fingerprint density at radius 3 is 3.23 bits per heavy atom. The number of nitrogens with zero attached hydrogens (tertiary/aromatic N) is 4. The van der Waals surface area contributed by atoms with Gasteiger partial charge in [-0.15, -0.1) is 0 Å². The molecule has 5 rings (SSSR count). The third-order valence-corrected chi connectivity index (χ3v) is 5.82. The van der Waals surface area contributed by atoms with E-state index in [0.717, 1.165) is 34.5 Å². The molecule has 1 saturated heterocycles. The second-order valence-electron chi connectivity index (χ2n) is 7.79. The number of aromatic amines is 1. The molecule has 162 valence electrons. The Balaban J connectivity index is 1.49. The number of ether oxygens (including phenoxy) is 2. The number of anilines is 2. The Kier molecular flexibility index (Phi) is 5.44. The lowest BCUT2D eigenvalue weighted by molar-refractivity contribution is -0.120. The van der Waals surface area contributed by atoms with E-state index in [-0.39, 0.29) is 18.5 Å². The fraction of sp³-hybridized carbons (Fsp3) is 0.409. The number of hydrogen-bond donors (Lipinski definition) is 2. The van der Waals surface area contributed by atoms with E-state index >= 15 is 0 Å². The summed E-state index contributed by atoms with van der Waals surface area (Å²) in [5.41, 5.74) is 2.92. The number of nitrogens with one attached hydrogen (secondary N) is 2. The maximum atomic E-state index is 12.5. The van der Waals surface area contributed by atoms with E-state index < -0.39 is 0 Å². The molecule has 1 amide bonds. The lowest BCUT2D eigenvalue weighted by Crippen LogP contribution is -2.57. The van der Waals surface area contributed by atoms with Gasteiger partial charge in [-0.2, -0.15) is 0 Å². The molecule has 4 heterocycles. The van der Waals surface area contributed by atoms with E-state index in [2.05, 4.69) is 20.2 Å². The van der Waals surface area contributed by atoms with E-state index in [0.29, 0.717) is 38.7 Å². The van der Waals surface area contributed by atoms with Crippen molar-refractivity contribution in [2.75, 3.05) is 62.9 Å². The van der Waals surface area contributed by atoms with Crippen LogP contribution in [0.3, 0.4) is 0 Å². The van der Waals surface area contributed by atoms with Gasteiger partial charge in [0.15, 0.2) is 11.6 Å². The number of H-pyrrole nitrogens is 1.